The fourth-order valence-electron chi connectivity index (χ4n) is 3.90. The van der Waals surface area contributed by atoms with Crippen LogP contribution in [0.4, 0.5) is 15.8 Å². The largest absolute Gasteiger partial charge is 0.337 e. The quantitative estimate of drug-likeness (QED) is 0.355. The van der Waals surface area contributed by atoms with Crippen LogP contribution in [0.3, 0.4) is 0 Å². The average Bonchev–Trinajstić information content (AvgIpc) is 3.33. The first-order valence-corrected chi connectivity index (χ1v) is 10.6. The molecule has 2 N–H and O–H groups in total. The van der Waals surface area contributed by atoms with Crippen LogP contribution in [0.1, 0.15) is 5.56 Å². The van der Waals surface area contributed by atoms with Crippen LogP contribution in [0.2, 0.25) is 0 Å². The number of carbonyl (C=O) groups is 3. The second-order valence-corrected chi connectivity index (χ2v) is 7.73. The van der Waals surface area contributed by atoms with Gasteiger partial charge in [0.15, 0.2) is 0 Å². The molecule has 4 aromatic rings. The SMILES string of the molecule is O=C(Cn1cc(/C=C2/C(=O)NN(c3ccccc3)C2=O)c2ccccc21)Nc1ccccc1F. The summed E-state index contributed by atoms with van der Waals surface area (Å²) in [5.41, 5.74) is 4.57. The molecule has 0 aliphatic carbocycles. The molecule has 1 aliphatic rings. The molecule has 34 heavy (non-hydrogen) atoms. The van der Waals surface area contributed by atoms with E-state index >= 15 is 0 Å². The van der Waals surface area contributed by atoms with E-state index in [4.69, 9.17) is 0 Å². The van der Waals surface area contributed by atoms with E-state index in [1.165, 1.54) is 23.2 Å². The predicted molar refractivity (Wildman–Crippen MR) is 127 cm³/mol. The fourth-order valence-corrected chi connectivity index (χ4v) is 3.90. The molecule has 8 heteroatoms. The first-order chi connectivity index (χ1) is 16.5. The van der Waals surface area contributed by atoms with Gasteiger partial charge in [-0.25, -0.2) is 9.40 Å². The number of carbonyl (C=O) groups excluding carboxylic acids is 3. The lowest BCUT2D eigenvalue weighted by Gasteiger charge is -2.13. The standard InChI is InChI=1S/C26H19FN4O3/c27-21-11-5-6-12-22(21)28-24(32)16-30-15-17(19-10-4-7-13-23(19)30)14-20-25(33)29-31(26(20)34)18-8-2-1-3-9-18/h1-15H,16H2,(H,28,32)(H,29,33)/b20-14-. The maximum Gasteiger partial charge on any atom is 0.282 e. The Bertz CT molecular complexity index is 1460. The number of nitrogens with one attached hydrogen (secondary N) is 2. The first-order valence-electron chi connectivity index (χ1n) is 10.6. The Morgan fingerprint density at radius 3 is 2.44 bits per heavy atom. The van der Waals surface area contributed by atoms with Crippen molar-refractivity contribution in [1.29, 1.82) is 0 Å². The summed E-state index contributed by atoms with van der Waals surface area (Å²) in [7, 11) is 0. The van der Waals surface area contributed by atoms with Crippen molar-refractivity contribution in [3.05, 3.63) is 102 Å². The molecule has 0 atom stereocenters. The van der Waals surface area contributed by atoms with Gasteiger partial charge in [-0.1, -0.05) is 48.5 Å². The van der Waals surface area contributed by atoms with Gasteiger partial charge in [0, 0.05) is 22.7 Å². The molecule has 7 nitrogen and oxygen atoms in total. The fraction of sp³-hybridized carbons (Fsp3) is 0.0385. The molecule has 0 radical (unpaired) electrons. The van der Waals surface area contributed by atoms with Gasteiger partial charge in [0.25, 0.3) is 11.8 Å². The molecule has 1 saturated heterocycles. The third-order valence-corrected chi connectivity index (χ3v) is 5.49. The molecule has 1 aliphatic heterocycles. The molecule has 3 aromatic carbocycles. The molecular formula is C26H19FN4O3. The van der Waals surface area contributed by atoms with Gasteiger partial charge in [-0.2, -0.15) is 0 Å². The lowest BCUT2D eigenvalue weighted by Crippen LogP contribution is -2.35. The van der Waals surface area contributed by atoms with Gasteiger partial charge in [-0.3, -0.25) is 19.8 Å². The van der Waals surface area contributed by atoms with Gasteiger partial charge in [0.2, 0.25) is 5.91 Å². The molecule has 1 aromatic heterocycles. The highest BCUT2D eigenvalue weighted by atomic mass is 19.1. The van der Waals surface area contributed by atoms with Crippen molar-refractivity contribution in [2.45, 2.75) is 6.54 Å². The molecule has 0 bridgehead atoms. The summed E-state index contributed by atoms with van der Waals surface area (Å²) >= 11 is 0. The maximum absolute atomic E-state index is 13.9. The van der Waals surface area contributed by atoms with Crippen molar-refractivity contribution in [3.8, 4) is 0 Å². The van der Waals surface area contributed by atoms with E-state index in [2.05, 4.69) is 10.7 Å². The first kappa shape index (κ1) is 21.1. The molecule has 168 valence electrons. The van der Waals surface area contributed by atoms with Crippen molar-refractivity contribution in [2.24, 2.45) is 0 Å². The van der Waals surface area contributed by atoms with Crippen LogP contribution >= 0.6 is 0 Å². The number of nitrogens with zero attached hydrogens (tertiary/aromatic N) is 2. The van der Waals surface area contributed by atoms with Crippen LogP contribution in [0.25, 0.3) is 17.0 Å². The van der Waals surface area contributed by atoms with Crippen LogP contribution < -0.4 is 15.8 Å². The number of para-hydroxylation sites is 3. The number of aromatic nitrogens is 1. The van der Waals surface area contributed by atoms with E-state index in [1.807, 2.05) is 30.3 Å². The van der Waals surface area contributed by atoms with Crippen LogP contribution in [0.5, 0.6) is 0 Å². The van der Waals surface area contributed by atoms with Crippen molar-refractivity contribution in [3.63, 3.8) is 0 Å². The van der Waals surface area contributed by atoms with E-state index in [0.717, 1.165) is 10.9 Å². The van der Waals surface area contributed by atoms with Gasteiger partial charge in [0.05, 0.1) is 11.4 Å². The number of benzene rings is 3. The number of anilines is 2. The van der Waals surface area contributed by atoms with Gasteiger partial charge in [0.1, 0.15) is 17.9 Å². The highest BCUT2D eigenvalue weighted by Gasteiger charge is 2.34. The minimum atomic E-state index is -0.521. The number of rotatable bonds is 5. The monoisotopic (exact) mass is 454 g/mol. The Morgan fingerprint density at radius 2 is 1.65 bits per heavy atom. The van der Waals surface area contributed by atoms with E-state index in [9.17, 15) is 18.8 Å². The topological polar surface area (TPSA) is 83.4 Å². The second kappa shape index (κ2) is 8.67. The summed E-state index contributed by atoms with van der Waals surface area (Å²) in [6.45, 7) is -0.0751. The molecule has 0 saturated carbocycles. The number of hydrazine groups is 1. The van der Waals surface area contributed by atoms with Crippen LogP contribution in [0.15, 0.2) is 90.6 Å². The van der Waals surface area contributed by atoms with Crippen molar-refractivity contribution in [2.75, 3.05) is 10.3 Å². The number of hydrogen-bond acceptors (Lipinski definition) is 3. The molecule has 0 unspecified atom stereocenters. The Morgan fingerprint density at radius 1 is 0.941 bits per heavy atom. The number of hydrogen-bond donors (Lipinski definition) is 2. The average molecular weight is 454 g/mol. The Hall–Kier alpha value is -4.72. The zero-order chi connectivity index (χ0) is 23.7. The molecule has 2 heterocycles. The molecule has 0 spiro atoms. The highest BCUT2D eigenvalue weighted by molar-refractivity contribution is 6.32. The van der Waals surface area contributed by atoms with Gasteiger partial charge < -0.3 is 9.88 Å². The van der Waals surface area contributed by atoms with E-state index < -0.39 is 23.5 Å². The summed E-state index contributed by atoms with van der Waals surface area (Å²) in [5, 5.41) is 4.54. The van der Waals surface area contributed by atoms with Crippen LogP contribution in [-0.4, -0.2) is 22.3 Å². The normalized spacial score (nSPS) is 14.6. The smallest absolute Gasteiger partial charge is 0.282 e. The van der Waals surface area contributed by atoms with Gasteiger partial charge in [-0.05, 0) is 36.4 Å². The summed E-state index contributed by atoms with van der Waals surface area (Å²) in [4.78, 5) is 38.1. The summed E-state index contributed by atoms with van der Waals surface area (Å²) in [6.07, 6.45) is 3.22. The maximum atomic E-state index is 13.9. The zero-order valence-electron chi connectivity index (χ0n) is 17.9. The van der Waals surface area contributed by atoms with Gasteiger partial charge >= 0.3 is 0 Å². The van der Waals surface area contributed by atoms with Crippen molar-refractivity contribution in [1.82, 2.24) is 9.99 Å². The Labute approximate surface area is 194 Å². The lowest BCUT2D eigenvalue weighted by atomic mass is 10.1. The Kier molecular flexibility index (Phi) is 5.39. The molecular weight excluding hydrogens is 435 g/mol. The molecule has 3 amide bonds. The third-order valence-electron chi connectivity index (χ3n) is 5.49. The molecule has 1 fully saturated rings. The minimum absolute atomic E-state index is 0.0115. The predicted octanol–water partition coefficient (Wildman–Crippen LogP) is 3.88. The summed E-state index contributed by atoms with van der Waals surface area (Å²) in [6, 6.07) is 22.1. The lowest BCUT2D eigenvalue weighted by molar-refractivity contribution is -0.118. The Balaban J connectivity index is 1.45. The second-order valence-electron chi connectivity index (χ2n) is 7.73. The number of halogens is 1. The third kappa shape index (κ3) is 3.93. The summed E-state index contributed by atoms with van der Waals surface area (Å²) < 4.78 is 15.6. The number of amides is 3. The minimum Gasteiger partial charge on any atom is -0.337 e. The van der Waals surface area contributed by atoms with E-state index in [0.29, 0.717) is 11.3 Å². The molecule has 5 rings (SSSR count). The van der Waals surface area contributed by atoms with Crippen molar-refractivity contribution < 1.29 is 18.8 Å². The summed E-state index contributed by atoms with van der Waals surface area (Å²) in [5.74, 6) is -1.91. The van der Waals surface area contributed by atoms with Crippen molar-refractivity contribution >= 4 is 46.1 Å². The van der Waals surface area contributed by atoms with Gasteiger partial charge in [-0.15, -0.1) is 0 Å². The van der Waals surface area contributed by atoms with Crippen LogP contribution in [-0.2, 0) is 20.9 Å². The number of fused-ring (bicyclic) bond motifs is 1. The van der Waals surface area contributed by atoms with E-state index in [-0.39, 0.29) is 17.8 Å². The zero-order valence-corrected chi connectivity index (χ0v) is 17.9. The van der Waals surface area contributed by atoms with E-state index in [1.54, 1.807) is 47.2 Å². The highest BCUT2D eigenvalue weighted by Crippen LogP contribution is 2.27. The van der Waals surface area contributed by atoms with Crippen LogP contribution in [0, 0.1) is 5.82 Å².